The van der Waals surface area contributed by atoms with Crippen LogP contribution in [-0.4, -0.2) is 38.7 Å². The maximum atomic E-state index is 10.8. The molecule has 0 spiro atoms. The standard InChI is InChI=1S/C14H18N4O3/c1-8(19)16-5-4-12(20)13(21)9-2-3-11-10(6-9)14(15)18-7-17-11/h2-3,6-7,12-13,20-21H,4-5H2,1H3,(H,16,19)(H2,15,17,18). The van der Waals surface area contributed by atoms with E-state index in [1.807, 2.05) is 0 Å². The summed E-state index contributed by atoms with van der Waals surface area (Å²) >= 11 is 0. The molecule has 21 heavy (non-hydrogen) atoms. The monoisotopic (exact) mass is 290 g/mol. The first kappa shape index (κ1) is 15.1. The number of hydrogen-bond donors (Lipinski definition) is 4. The van der Waals surface area contributed by atoms with Crippen LogP contribution < -0.4 is 11.1 Å². The number of benzene rings is 1. The van der Waals surface area contributed by atoms with Gasteiger partial charge in [0.15, 0.2) is 0 Å². The molecule has 7 heteroatoms. The summed E-state index contributed by atoms with van der Waals surface area (Å²) in [5, 5.41) is 23.3. The van der Waals surface area contributed by atoms with Gasteiger partial charge in [-0.2, -0.15) is 0 Å². The minimum atomic E-state index is -1.07. The Morgan fingerprint density at radius 3 is 2.86 bits per heavy atom. The van der Waals surface area contributed by atoms with Crippen LogP contribution in [0.3, 0.4) is 0 Å². The second-order valence-corrected chi connectivity index (χ2v) is 4.82. The molecule has 2 rings (SSSR count). The Bertz CT molecular complexity index is 647. The van der Waals surface area contributed by atoms with Crippen molar-refractivity contribution in [1.29, 1.82) is 0 Å². The van der Waals surface area contributed by atoms with Crippen molar-refractivity contribution < 1.29 is 15.0 Å². The van der Waals surface area contributed by atoms with Gasteiger partial charge < -0.3 is 21.3 Å². The van der Waals surface area contributed by atoms with E-state index in [1.54, 1.807) is 18.2 Å². The smallest absolute Gasteiger partial charge is 0.216 e. The Kier molecular flexibility index (Phi) is 4.66. The molecular weight excluding hydrogens is 272 g/mol. The van der Waals surface area contributed by atoms with Gasteiger partial charge in [0.25, 0.3) is 0 Å². The van der Waals surface area contributed by atoms with Crippen molar-refractivity contribution in [2.45, 2.75) is 25.6 Å². The van der Waals surface area contributed by atoms with E-state index in [0.29, 0.717) is 28.8 Å². The van der Waals surface area contributed by atoms with Crippen molar-refractivity contribution in [3.63, 3.8) is 0 Å². The molecule has 1 aromatic heterocycles. The molecule has 112 valence electrons. The number of rotatable bonds is 5. The van der Waals surface area contributed by atoms with E-state index >= 15 is 0 Å². The van der Waals surface area contributed by atoms with Crippen LogP contribution in [0.4, 0.5) is 5.82 Å². The lowest BCUT2D eigenvalue weighted by atomic mass is 10.0. The van der Waals surface area contributed by atoms with Crippen molar-refractivity contribution in [3.8, 4) is 0 Å². The minimum Gasteiger partial charge on any atom is -0.390 e. The lowest BCUT2D eigenvalue weighted by molar-refractivity contribution is -0.119. The molecule has 0 aliphatic rings. The van der Waals surface area contributed by atoms with Gasteiger partial charge in [0.1, 0.15) is 18.2 Å². The Morgan fingerprint density at radius 1 is 1.38 bits per heavy atom. The lowest BCUT2D eigenvalue weighted by Crippen LogP contribution is -2.27. The number of anilines is 1. The summed E-state index contributed by atoms with van der Waals surface area (Å²) in [4.78, 5) is 18.7. The summed E-state index contributed by atoms with van der Waals surface area (Å²) in [5.41, 5.74) is 6.97. The first-order chi connectivity index (χ1) is 9.99. The van der Waals surface area contributed by atoms with Gasteiger partial charge in [-0.1, -0.05) is 6.07 Å². The lowest BCUT2D eigenvalue weighted by Gasteiger charge is -2.18. The van der Waals surface area contributed by atoms with Crippen LogP contribution in [0.15, 0.2) is 24.5 Å². The second kappa shape index (κ2) is 6.47. The van der Waals surface area contributed by atoms with Crippen LogP contribution in [0.5, 0.6) is 0 Å². The maximum absolute atomic E-state index is 10.8. The zero-order valence-electron chi connectivity index (χ0n) is 11.7. The molecule has 0 aliphatic carbocycles. The molecule has 0 saturated heterocycles. The fourth-order valence-electron chi connectivity index (χ4n) is 2.05. The van der Waals surface area contributed by atoms with E-state index in [4.69, 9.17) is 5.73 Å². The first-order valence-electron chi connectivity index (χ1n) is 6.59. The number of carbonyl (C=O) groups excluding carboxylic acids is 1. The predicted octanol–water partition coefficient (Wildman–Crippen LogP) is 0.132. The summed E-state index contributed by atoms with van der Waals surface area (Å²) < 4.78 is 0. The highest BCUT2D eigenvalue weighted by atomic mass is 16.3. The van der Waals surface area contributed by atoms with Gasteiger partial charge in [-0.15, -0.1) is 0 Å². The minimum absolute atomic E-state index is 0.174. The average Bonchev–Trinajstić information content (AvgIpc) is 2.46. The van der Waals surface area contributed by atoms with E-state index in [-0.39, 0.29) is 12.3 Å². The normalized spacial score (nSPS) is 13.9. The van der Waals surface area contributed by atoms with E-state index in [1.165, 1.54) is 13.3 Å². The third kappa shape index (κ3) is 3.65. The largest absolute Gasteiger partial charge is 0.390 e. The summed E-state index contributed by atoms with van der Waals surface area (Å²) in [7, 11) is 0. The molecule has 2 unspecified atom stereocenters. The second-order valence-electron chi connectivity index (χ2n) is 4.82. The van der Waals surface area contributed by atoms with Crippen LogP contribution in [0.25, 0.3) is 10.9 Å². The number of aromatic nitrogens is 2. The highest BCUT2D eigenvalue weighted by Gasteiger charge is 2.19. The molecule has 0 saturated carbocycles. The Labute approximate surface area is 121 Å². The van der Waals surface area contributed by atoms with Crippen molar-refractivity contribution in [1.82, 2.24) is 15.3 Å². The quantitative estimate of drug-likeness (QED) is 0.621. The highest BCUT2D eigenvalue weighted by Crippen LogP contribution is 2.24. The third-order valence-electron chi connectivity index (χ3n) is 3.21. The third-order valence-corrected chi connectivity index (χ3v) is 3.21. The molecule has 1 amide bonds. The number of aliphatic hydroxyl groups excluding tert-OH is 2. The number of carbonyl (C=O) groups is 1. The summed E-state index contributed by atoms with van der Waals surface area (Å²) in [6.45, 7) is 1.70. The Hall–Kier alpha value is -2.25. The van der Waals surface area contributed by atoms with Gasteiger partial charge in [0.2, 0.25) is 5.91 Å². The number of nitrogens with one attached hydrogen (secondary N) is 1. The van der Waals surface area contributed by atoms with Gasteiger partial charge in [-0.25, -0.2) is 9.97 Å². The molecule has 1 heterocycles. The topological polar surface area (TPSA) is 121 Å². The number of fused-ring (bicyclic) bond motifs is 1. The van der Waals surface area contributed by atoms with E-state index in [0.717, 1.165) is 0 Å². The first-order valence-corrected chi connectivity index (χ1v) is 6.59. The van der Waals surface area contributed by atoms with Crippen molar-refractivity contribution in [3.05, 3.63) is 30.1 Å². The predicted molar refractivity (Wildman–Crippen MR) is 78.2 cm³/mol. The van der Waals surface area contributed by atoms with Gasteiger partial charge in [0.05, 0.1) is 11.6 Å². The van der Waals surface area contributed by atoms with E-state index in [9.17, 15) is 15.0 Å². The van der Waals surface area contributed by atoms with Crippen molar-refractivity contribution >= 4 is 22.6 Å². The Morgan fingerprint density at radius 2 is 2.14 bits per heavy atom. The molecule has 0 radical (unpaired) electrons. The van der Waals surface area contributed by atoms with E-state index in [2.05, 4.69) is 15.3 Å². The molecule has 0 aliphatic heterocycles. The SMILES string of the molecule is CC(=O)NCCC(O)C(O)c1ccc2ncnc(N)c2c1. The Balaban J connectivity index is 2.13. The van der Waals surface area contributed by atoms with Crippen LogP contribution in [0.2, 0.25) is 0 Å². The number of nitrogen functional groups attached to an aromatic ring is 1. The molecule has 1 aromatic carbocycles. The fourth-order valence-corrected chi connectivity index (χ4v) is 2.05. The van der Waals surface area contributed by atoms with Crippen molar-refractivity contribution in [2.24, 2.45) is 0 Å². The number of hydrogen-bond acceptors (Lipinski definition) is 6. The molecule has 2 atom stereocenters. The van der Waals surface area contributed by atoms with Gasteiger partial charge >= 0.3 is 0 Å². The summed E-state index contributed by atoms with van der Waals surface area (Å²) in [6, 6.07) is 5.06. The molecule has 2 aromatic rings. The van der Waals surface area contributed by atoms with Crippen LogP contribution in [-0.2, 0) is 4.79 Å². The zero-order valence-corrected chi connectivity index (χ0v) is 11.7. The molecule has 5 N–H and O–H groups in total. The summed E-state index contributed by atoms with van der Waals surface area (Å²) in [5.74, 6) is 0.147. The van der Waals surface area contributed by atoms with Gasteiger partial charge in [-0.05, 0) is 24.1 Å². The fraction of sp³-hybridized carbons (Fsp3) is 0.357. The molecule has 0 bridgehead atoms. The maximum Gasteiger partial charge on any atom is 0.216 e. The highest BCUT2D eigenvalue weighted by molar-refractivity contribution is 5.88. The van der Waals surface area contributed by atoms with Crippen LogP contribution >= 0.6 is 0 Å². The van der Waals surface area contributed by atoms with Gasteiger partial charge in [-0.3, -0.25) is 4.79 Å². The number of nitrogens with two attached hydrogens (primary N) is 1. The molecule has 7 nitrogen and oxygen atoms in total. The zero-order chi connectivity index (χ0) is 15.4. The van der Waals surface area contributed by atoms with Gasteiger partial charge in [0, 0.05) is 18.9 Å². The number of nitrogens with zero attached hydrogens (tertiary/aromatic N) is 2. The molecular formula is C14H18N4O3. The number of aliphatic hydroxyl groups is 2. The average molecular weight is 290 g/mol. The van der Waals surface area contributed by atoms with E-state index < -0.39 is 12.2 Å². The number of amides is 1. The van der Waals surface area contributed by atoms with Crippen molar-refractivity contribution in [2.75, 3.05) is 12.3 Å². The summed E-state index contributed by atoms with van der Waals surface area (Å²) in [6.07, 6.45) is -0.432. The molecule has 0 fully saturated rings. The van der Waals surface area contributed by atoms with Crippen LogP contribution in [0, 0.1) is 0 Å². The van der Waals surface area contributed by atoms with Crippen LogP contribution in [0.1, 0.15) is 25.0 Å².